The third kappa shape index (κ3) is 5.05. The molecule has 1 aromatic heterocycles. The summed E-state index contributed by atoms with van der Waals surface area (Å²) in [4.78, 5) is 23.8. The van der Waals surface area contributed by atoms with Gasteiger partial charge in [-0.05, 0) is 29.3 Å². The van der Waals surface area contributed by atoms with Gasteiger partial charge in [-0.3, -0.25) is 20.2 Å². The number of nitro groups is 1. The van der Waals surface area contributed by atoms with Crippen molar-refractivity contribution in [2.45, 2.75) is 0 Å². The molecule has 7 nitrogen and oxygen atoms in total. The molecule has 0 aliphatic heterocycles. The van der Waals surface area contributed by atoms with Gasteiger partial charge in [-0.15, -0.1) is 10.2 Å². The van der Waals surface area contributed by atoms with Gasteiger partial charge in [-0.1, -0.05) is 77.5 Å². The van der Waals surface area contributed by atoms with Gasteiger partial charge in [0.1, 0.15) is 5.01 Å². The van der Waals surface area contributed by atoms with Gasteiger partial charge in [-0.25, -0.2) is 0 Å². The van der Waals surface area contributed by atoms with E-state index in [1.165, 1.54) is 23.5 Å². The summed E-state index contributed by atoms with van der Waals surface area (Å²) in [5, 5.41) is 23.7. The molecule has 158 valence electrons. The lowest BCUT2D eigenvalue weighted by atomic mass is 10.0. The molecule has 1 N–H and O–H groups in total. The highest BCUT2D eigenvalue weighted by atomic mass is 35.5. The minimum atomic E-state index is -0.473. The van der Waals surface area contributed by atoms with E-state index in [-0.39, 0.29) is 5.69 Å². The van der Waals surface area contributed by atoms with Crippen LogP contribution in [0.2, 0.25) is 5.02 Å². The lowest BCUT2D eigenvalue weighted by Gasteiger charge is -2.08. The summed E-state index contributed by atoms with van der Waals surface area (Å²) in [6.45, 7) is 0. The molecule has 3 aromatic carbocycles. The molecule has 0 saturated carbocycles. The van der Waals surface area contributed by atoms with Crippen LogP contribution in [-0.2, 0) is 4.79 Å². The molecule has 1 amide bonds. The summed E-state index contributed by atoms with van der Waals surface area (Å²) >= 11 is 7.16. The SMILES string of the molecule is O=C(Nc1nnc(-c2ccc(Cl)cc2)s1)/C(=C/c1cccc([N+](=O)[O-])c1)c1ccccc1. The fourth-order valence-electron chi connectivity index (χ4n) is 2.94. The number of rotatable bonds is 6. The normalized spacial score (nSPS) is 11.2. The number of nitrogens with one attached hydrogen (secondary N) is 1. The zero-order valence-electron chi connectivity index (χ0n) is 16.4. The van der Waals surface area contributed by atoms with Crippen LogP contribution in [0.3, 0.4) is 0 Å². The van der Waals surface area contributed by atoms with Crippen LogP contribution >= 0.6 is 22.9 Å². The first-order valence-electron chi connectivity index (χ1n) is 9.42. The van der Waals surface area contributed by atoms with Crippen LogP contribution in [0.25, 0.3) is 22.2 Å². The van der Waals surface area contributed by atoms with Crippen LogP contribution in [0.4, 0.5) is 10.8 Å². The van der Waals surface area contributed by atoms with Gasteiger partial charge >= 0.3 is 0 Å². The maximum atomic E-state index is 13.1. The third-order valence-electron chi connectivity index (χ3n) is 4.46. The van der Waals surface area contributed by atoms with Gasteiger partial charge in [0.2, 0.25) is 5.13 Å². The number of nitro benzene ring substituents is 1. The van der Waals surface area contributed by atoms with E-state index in [0.29, 0.717) is 31.9 Å². The minimum Gasteiger partial charge on any atom is -0.296 e. The highest BCUT2D eigenvalue weighted by Crippen LogP contribution is 2.29. The summed E-state index contributed by atoms with van der Waals surface area (Å²) in [6, 6.07) is 22.3. The van der Waals surface area contributed by atoms with Crippen LogP contribution in [-0.4, -0.2) is 21.0 Å². The molecular weight excluding hydrogens is 448 g/mol. The van der Waals surface area contributed by atoms with Gasteiger partial charge in [0, 0.05) is 28.3 Å². The number of anilines is 1. The molecule has 32 heavy (non-hydrogen) atoms. The van der Waals surface area contributed by atoms with Crippen LogP contribution in [0.15, 0.2) is 78.9 Å². The zero-order valence-corrected chi connectivity index (χ0v) is 18.0. The van der Waals surface area contributed by atoms with Gasteiger partial charge in [0.25, 0.3) is 11.6 Å². The monoisotopic (exact) mass is 462 g/mol. The Morgan fingerprint density at radius 1 is 1.00 bits per heavy atom. The van der Waals surface area contributed by atoms with Crippen molar-refractivity contribution in [3.05, 3.63) is 105 Å². The van der Waals surface area contributed by atoms with Crippen molar-refractivity contribution in [2.75, 3.05) is 5.32 Å². The Hall–Kier alpha value is -3.88. The summed E-state index contributed by atoms with van der Waals surface area (Å²) in [5.74, 6) is -0.401. The van der Waals surface area contributed by atoms with Gasteiger partial charge < -0.3 is 0 Å². The second kappa shape index (κ2) is 9.51. The Labute approximate surface area is 192 Å². The Balaban J connectivity index is 1.64. The van der Waals surface area contributed by atoms with Crippen molar-refractivity contribution < 1.29 is 9.72 Å². The number of carbonyl (C=O) groups is 1. The molecule has 0 spiro atoms. The predicted molar refractivity (Wildman–Crippen MR) is 126 cm³/mol. The average Bonchev–Trinajstić information content (AvgIpc) is 3.27. The number of carbonyl (C=O) groups excluding carboxylic acids is 1. The first-order valence-corrected chi connectivity index (χ1v) is 10.6. The molecule has 1 heterocycles. The first-order chi connectivity index (χ1) is 15.5. The van der Waals surface area contributed by atoms with Crippen molar-refractivity contribution in [1.82, 2.24) is 10.2 Å². The van der Waals surface area contributed by atoms with Crippen molar-refractivity contribution in [1.29, 1.82) is 0 Å². The van der Waals surface area contributed by atoms with E-state index >= 15 is 0 Å². The molecule has 0 bridgehead atoms. The molecule has 4 rings (SSSR count). The Morgan fingerprint density at radius 3 is 2.47 bits per heavy atom. The number of nitrogens with zero attached hydrogens (tertiary/aromatic N) is 3. The Kier molecular flexibility index (Phi) is 6.34. The number of benzene rings is 3. The van der Waals surface area contributed by atoms with E-state index in [4.69, 9.17) is 11.6 Å². The highest BCUT2D eigenvalue weighted by molar-refractivity contribution is 7.18. The summed E-state index contributed by atoms with van der Waals surface area (Å²) in [6.07, 6.45) is 1.61. The maximum Gasteiger partial charge on any atom is 0.270 e. The molecular formula is C23H15ClN4O3S. The number of hydrogen-bond acceptors (Lipinski definition) is 6. The van der Waals surface area contributed by atoms with Gasteiger partial charge in [0.05, 0.1) is 4.92 Å². The van der Waals surface area contributed by atoms with Crippen LogP contribution in [0.1, 0.15) is 11.1 Å². The molecule has 9 heteroatoms. The second-order valence-electron chi connectivity index (χ2n) is 6.65. The topological polar surface area (TPSA) is 98.0 Å². The van der Waals surface area contributed by atoms with Gasteiger partial charge in [0.15, 0.2) is 0 Å². The Morgan fingerprint density at radius 2 is 1.75 bits per heavy atom. The standard InChI is InChI=1S/C23H15ClN4O3S/c24-18-11-9-17(10-12-18)22-26-27-23(32-22)25-21(29)20(16-6-2-1-3-7-16)14-15-5-4-8-19(13-15)28(30)31/h1-14H,(H,25,27,29)/b20-14+. The van der Waals surface area contributed by atoms with Gasteiger partial charge in [-0.2, -0.15) is 0 Å². The highest BCUT2D eigenvalue weighted by Gasteiger charge is 2.16. The van der Waals surface area contributed by atoms with E-state index in [1.807, 2.05) is 30.3 Å². The number of amides is 1. The lowest BCUT2D eigenvalue weighted by molar-refractivity contribution is -0.384. The first kappa shape index (κ1) is 21.4. The van der Waals surface area contributed by atoms with E-state index in [2.05, 4.69) is 15.5 Å². The fourth-order valence-corrected chi connectivity index (χ4v) is 3.81. The fraction of sp³-hybridized carbons (Fsp3) is 0. The molecule has 0 aliphatic carbocycles. The zero-order chi connectivity index (χ0) is 22.5. The average molecular weight is 463 g/mol. The smallest absolute Gasteiger partial charge is 0.270 e. The van der Waals surface area contributed by atoms with Crippen molar-refractivity contribution in [2.24, 2.45) is 0 Å². The van der Waals surface area contributed by atoms with Crippen LogP contribution in [0, 0.1) is 10.1 Å². The molecule has 0 fully saturated rings. The molecule has 0 radical (unpaired) electrons. The number of halogens is 1. The molecule has 0 aliphatic rings. The van der Waals surface area contributed by atoms with E-state index in [9.17, 15) is 14.9 Å². The summed E-state index contributed by atoms with van der Waals surface area (Å²) in [7, 11) is 0. The summed E-state index contributed by atoms with van der Waals surface area (Å²) in [5.41, 5.74) is 2.33. The quantitative estimate of drug-likeness (QED) is 0.165. The predicted octanol–water partition coefficient (Wildman–Crippen LogP) is 5.95. The second-order valence-corrected chi connectivity index (χ2v) is 8.06. The molecule has 4 aromatic rings. The third-order valence-corrected chi connectivity index (χ3v) is 5.60. The maximum absolute atomic E-state index is 13.1. The molecule has 0 atom stereocenters. The van der Waals surface area contributed by atoms with E-state index in [0.717, 1.165) is 5.56 Å². The van der Waals surface area contributed by atoms with Crippen molar-refractivity contribution in [3.63, 3.8) is 0 Å². The summed E-state index contributed by atoms with van der Waals surface area (Å²) < 4.78 is 0. The lowest BCUT2D eigenvalue weighted by Crippen LogP contribution is -2.13. The minimum absolute atomic E-state index is 0.0525. The molecule has 0 saturated heterocycles. The van der Waals surface area contributed by atoms with E-state index < -0.39 is 10.8 Å². The van der Waals surface area contributed by atoms with E-state index in [1.54, 1.807) is 42.5 Å². The van der Waals surface area contributed by atoms with Crippen LogP contribution < -0.4 is 5.32 Å². The molecule has 0 unspecified atom stereocenters. The number of non-ortho nitro benzene ring substituents is 1. The van der Waals surface area contributed by atoms with Crippen molar-refractivity contribution in [3.8, 4) is 10.6 Å². The largest absolute Gasteiger partial charge is 0.296 e. The van der Waals surface area contributed by atoms with Crippen LogP contribution in [0.5, 0.6) is 0 Å². The van der Waals surface area contributed by atoms with Crippen molar-refractivity contribution >= 4 is 51.3 Å². The number of aromatic nitrogens is 2. The number of hydrogen-bond donors (Lipinski definition) is 1. The Bertz CT molecular complexity index is 1300.